The zero-order valence-corrected chi connectivity index (χ0v) is 12.5. The van der Waals surface area contributed by atoms with E-state index in [1.165, 1.54) is 11.8 Å². The summed E-state index contributed by atoms with van der Waals surface area (Å²) in [5.41, 5.74) is 0.929. The fraction of sp³-hybridized carbons (Fsp3) is 0.385. The lowest BCUT2D eigenvalue weighted by atomic mass is 10.2. The first kappa shape index (κ1) is 18.1. The smallest absolute Gasteiger partial charge is 0.405 e. The number of rotatable bonds is 6. The molecule has 0 aliphatic rings. The number of ether oxygens (including phenoxy) is 1. The summed E-state index contributed by atoms with van der Waals surface area (Å²) in [5, 5.41) is 3.38. The normalized spacial score (nSPS) is 10.9. The van der Waals surface area contributed by atoms with Gasteiger partial charge in [-0.15, -0.1) is 11.8 Å². The Morgan fingerprint density at radius 1 is 1.32 bits per heavy atom. The lowest BCUT2D eigenvalue weighted by Gasteiger charge is -2.09. The van der Waals surface area contributed by atoms with E-state index < -0.39 is 24.7 Å². The number of amides is 3. The SMILES string of the molecule is COc1cccc(CSCC(=O)NC(=O)NCC(F)(F)F)c1. The Morgan fingerprint density at radius 2 is 2.05 bits per heavy atom. The van der Waals surface area contributed by atoms with Crippen LogP contribution in [0.2, 0.25) is 0 Å². The summed E-state index contributed by atoms with van der Waals surface area (Å²) < 4.78 is 40.6. The minimum absolute atomic E-state index is 0.0450. The van der Waals surface area contributed by atoms with Crippen molar-refractivity contribution in [3.63, 3.8) is 0 Å². The predicted octanol–water partition coefficient (Wildman–Crippen LogP) is 2.32. The Balaban J connectivity index is 2.26. The number of carbonyl (C=O) groups is 2. The summed E-state index contributed by atoms with van der Waals surface area (Å²) in [6.45, 7) is -1.48. The van der Waals surface area contributed by atoms with Crippen LogP contribution in [0.5, 0.6) is 5.75 Å². The zero-order chi connectivity index (χ0) is 16.6. The number of carbonyl (C=O) groups excluding carboxylic acids is 2. The lowest BCUT2D eigenvalue weighted by Crippen LogP contribution is -2.43. The van der Waals surface area contributed by atoms with Crippen molar-refractivity contribution >= 4 is 23.7 Å². The van der Waals surface area contributed by atoms with Crippen LogP contribution in [0, 0.1) is 0 Å². The Morgan fingerprint density at radius 3 is 2.68 bits per heavy atom. The minimum atomic E-state index is -4.51. The third kappa shape index (κ3) is 7.77. The molecular formula is C13H15F3N2O3S. The van der Waals surface area contributed by atoms with Gasteiger partial charge in [0, 0.05) is 5.75 Å². The first-order chi connectivity index (χ1) is 10.3. The third-order valence-electron chi connectivity index (χ3n) is 2.34. The molecule has 0 bridgehead atoms. The summed E-state index contributed by atoms with van der Waals surface area (Å²) in [6, 6.07) is 6.08. The van der Waals surface area contributed by atoms with E-state index in [4.69, 9.17) is 4.74 Å². The summed E-state index contributed by atoms with van der Waals surface area (Å²) in [7, 11) is 1.54. The van der Waals surface area contributed by atoms with Crippen molar-refractivity contribution in [2.75, 3.05) is 19.4 Å². The standard InChI is InChI=1S/C13H15F3N2O3S/c1-21-10-4-2-3-9(5-10)6-22-7-11(19)18-12(20)17-8-13(14,15)16/h2-5H,6-8H2,1H3,(H2,17,18,19,20). The second kappa shape index (κ2) is 8.52. The van der Waals surface area contributed by atoms with Crippen LogP contribution in [0.3, 0.4) is 0 Å². The van der Waals surface area contributed by atoms with Gasteiger partial charge in [-0.25, -0.2) is 4.79 Å². The van der Waals surface area contributed by atoms with Gasteiger partial charge in [0.15, 0.2) is 0 Å². The molecule has 22 heavy (non-hydrogen) atoms. The number of alkyl halides is 3. The van der Waals surface area contributed by atoms with Crippen molar-refractivity contribution in [2.45, 2.75) is 11.9 Å². The molecule has 5 nitrogen and oxygen atoms in total. The van der Waals surface area contributed by atoms with E-state index in [0.717, 1.165) is 5.56 Å². The number of urea groups is 1. The molecule has 0 fully saturated rings. The second-order valence-electron chi connectivity index (χ2n) is 4.19. The lowest BCUT2D eigenvalue weighted by molar-refractivity contribution is -0.124. The highest BCUT2D eigenvalue weighted by atomic mass is 32.2. The molecule has 3 amide bonds. The molecule has 0 atom stereocenters. The molecule has 0 aliphatic carbocycles. The first-order valence-electron chi connectivity index (χ1n) is 6.15. The van der Waals surface area contributed by atoms with Gasteiger partial charge in [-0.2, -0.15) is 13.2 Å². The van der Waals surface area contributed by atoms with Crippen LogP contribution in [0.25, 0.3) is 0 Å². The summed E-state index contributed by atoms with van der Waals surface area (Å²) >= 11 is 1.23. The average Bonchev–Trinajstić information content (AvgIpc) is 2.44. The molecule has 0 aliphatic heterocycles. The highest BCUT2D eigenvalue weighted by Crippen LogP contribution is 2.17. The molecule has 0 heterocycles. The molecule has 0 unspecified atom stereocenters. The molecule has 0 saturated carbocycles. The molecule has 1 rings (SSSR count). The molecule has 2 N–H and O–H groups in total. The fourth-order valence-electron chi connectivity index (χ4n) is 1.41. The Hall–Kier alpha value is -1.90. The van der Waals surface area contributed by atoms with Crippen molar-refractivity contribution in [2.24, 2.45) is 0 Å². The van der Waals surface area contributed by atoms with Gasteiger partial charge in [-0.1, -0.05) is 12.1 Å². The molecule has 0 saturated heterocycles. The van der Waals surface area contributed by atoms with Crippen molar-refractivity contribution in [3.05, 3.63) is 29.8 Å². The van der Waals surface area contributed by atoms with Gasteiger partial charge in [0.2, 0.25) is 5.91 Å². The van der Waals surface area contributed by atoms with E-state index in [0.29, 0.717) is 11.5 Å². The Kier molecular flexibility index (Phi) is 7.03. The van der Waals surface area contributed by atoms with Gasteiger partial charge in [-0.05, 0) is 17.7 Å². The van der Waals surface area contributed by atoms with Crippen LogP contribution < -0.4 is 15.4 Å². The maximum atomic E-state index is 11.9. The van der Waals surface area contributed by atoms with E-state index >= 15 is 0 Å². The molecule has 0 aromatic heterocycles. The molecule has 9 heteroatoms. The number of nitrogens with one attached hydrogen (secondary N) is 2. The number of hydrogen-bond donors (Lipinski definition) is 2. The maximum Gasteiger partial charge on any atom is 0.405 e. The van der Waals surface area contributed by atoms with E-state index in [9.17, 15) is 22.8 Å². The van der Waals surface area contributed by atoms with Crippen LogP contribution in [-0.4, -0.2) is 37.5 Å². The largest absolute Gasteiger partial charge is 0.497 e. The van der Waals surface area contributed by atoms with Gasteiger partial charge >= 0.3 is 12.2 Å². The number of imide groups is 1. The highest BCUT2D eigenvalue weighted by Gasteiger charge is 2.27. The third-order valence-corrected chi connectivity index (χ3v) is 3.34. The summed E-state index contributed by atoms with van der Waals surface area (Å²) in [6.07, 6.45) is -4.51. The van der Waals surface area contributed by atoms with Crippen molar-refractivity contribution in [1.29, 1.82) is 0 Å². The number of benzene rings is 1. The molecule has 0 radical (unpaired) electrons. The van der Waals surface area contributed by atoms with Crippen LogP contribution in [0.1, 0.15) is 5.56 Å². The van der Waals surface area contributed by atoms with Crippen molar-refractivity contribution in [3.8, 4) is 5.75 Å². The topological polar surface area (TPSA) is 67.4 Å². The van der Waals surface area contributed by atoms with Crippen molar-refractivity contribution in [1.82, 2.24) is 10.6 Å². The number of halogens is 3. The van der Waals surface area contributed by atoms with Gasteiger partial charge in [0.1, 0.15) is 12.3 Å². The Labute approximate surface area is 129 Å². The van der Waals surface area contributed by atoms with Crippen molar-refractivity contribution < 1.29 is 27.5 Å². The number of hydrogen-bond acceptors (Lipinski definition) is 4. The molecule has 1 aromatic carbocycles. The van der Waals surface area contributed by atoms with Gasteiger partial charge < -0.3 is 10.1 Å². The highest BCUT2D eigenvalue weighted by molar-refractivity contribution is 7.99. The van der Waals surface area contributed by atoms with Gasteiger partial charge in [0.05, 0.1) is 12.9 Å². The first-order valence-corrected chi connectivity index (χ1v) is 7.31. The quantitative estimate of drug-likeness (QED) is 0.837. The average molecular weight is 336 g/mol. The minimum Gasteiger partial charge on any atom is -0.497 e. The molecule has 122 valence electrons. The van der Waals surface area contributed by atoms with E-state index in [2.05, 4.69) is 0 Å². The van der Waals surface area contributed by atoms with Crippen LogP contribution in [0.15, 0.2) is 24.3 Å². The zero-order valence-electron chi connectivity index (χ0n) is 11.7. The van der Waals surface area contributed by atoms with Crippen LogP contribution in [-0.2, 0) is 10.5 Å². The predicted molar refractivity (Wildman–Crippen MR) is 76.8 cm³/mol. The number of methoxy groups -OCH3 is 1. The Bertz CT molecular complexity index is 523. The van der Waals surface area contributed by atoms with Gasteiger partial charge in [-0.3, -0.25) is 10.1 Å². The fourth-order valence-corrected chi connectivity index (χ4v) is 2.19. The van der Waals surface area contributed by atoms with Crippen LogP contribution in [0.4, 0.5) is 18.0 Å². The van der Waals surface area contributed by atoms with E-state index in [-0.39, 0.29) is 5.75 Å². The molecular weight excluding hydrogens is 321 g/mol. The monoisotopic (exact) mass is 336 g/mol. The number of thioether (sulfide) groups is 1. The molecule has 0 spiro atoms. The summed E-state index contributed by atoms with van der Waals surface area (Å²) in [5.74, 6) is 0.493. The molecule has 1 aromatic rings. The second-order valence-corrected chi connectivity index (χ2v) is 5.18. The summed E-state index contributed by atoms with van der Waals surface area (Å²) in [4.78, 5) is 22.4. The van der Waals surface area contributed by atoms with Gasteiger partial charge in [0.25, 0.3) is 0 Å². The maximum absolute atomic E-state index is 11.9. The van der Waals surface area contributed by atoms with E-state index in [1.807, 2.05) is 11.4 Å². The van der Waals surface area contributed by atoms with Crippen LogP contribution >= 0.6 is 11.8 Å². The van der Waals surface area contributed by atoms with E-state index in [1.54, 1.807) is 30.6 Å².